The molecule has 4 nitrogen and oxygen atoms in total. The number of allylic oxidation sites excluding steroid dienone is 2. The summed E-state index contributed by atoms with van der Waals surface area (Å²) in [6.45, 7) is 4.57. The number of rotatable bonds is 4. The van der Waals surface area contributed by atoms with Gasteiger partial charge in [-0.1, -0.05) is 12.2 Å². The van der Waals surface area contributed by atoms with Crippen LogP contribution in [0.4, 0.5) is 5.69 Å². The van der Waals surface area contributed by atoms with Gasteiger partial charge in [0.15, 0.2) is 0 Å². The molecule has 118 valence electrons. The number of carbonyl (C=O) groups excluding carboxylic acids is 1. The Bertz CT molecular complexity index is 594. The summed E-state index contributed by atoms with van der Waals surface area (Å²) in [5, 5.41) is 3.03. The summed E-state index contributed by atoms with van der Waals surface area (Å²) >= 11 is 0. The molecule has 1 aliphatic carbocycles. The summed E-state index contributed by atoms with van der Waals surface area (Å²) in [4.78, 5) is 12.4. The molecule has 0 saturated heterocycles. The first kappa shape index (κ1) is 14.9. The fourth-order valence-corrected chi connectivity index (χ4v) is 3.08. The highest BCUT2D eigenvalue weighted by Gasteiger charge is 2.24. The molecule has 1 aromatic rings. The second-order valence-electron chi connectivity index (χ2n) is 5.99. The number of anilines is 1. The number of nitrogens with one attached hydrogen (secondary N) is 1. The lowest BCUT2D eigenvalue weighted by Crippen LogP contribution is -2.23. The Hall–Kier alpha value is -1.97. The summed E-state index contributed by atoms with van der Waals surface area (Å²) in [5.74, 6) is 1.71. The highest BCUT2D eigenvalue weighted by Crippen LogP contribution is 2.38. The average Bonchev–Trinajstić information content (AvgIpc) is 2.87. The van der Waals surface area contributed by atoms with Gasteiger partial charge in [-0.3, -0.25) is 4.79 Å². The molecule has 0 saturated carbocycles. The number of fused-ring (bicyclic) bond motifs is 1. The van der Waals surface area contributed by atoms with Crippen LogP contribution in [0.2, 0.25) is 0 Å². The van der Waals surface area contributed by atoms with Crippen LogP contribution in [0.15, 0.2) is 24.3 Å². The van der Waals surface area contributed by atoms with Gasteiger partial charge >= 0.3 is 0 Å². The maximum atomic E-state index is 12.4. The number of ether oxygens (including phenoxy) is 2. The lowest BCUT2D eigenvalue weighted by atomic mass is 9.93. The van der Waals surface area contributed by atoms with Crippen molar-refractivity contribution in [2.24, 2.45) is 5.92 Å². The molecule has 1 N–H and O–H groups in total. The van der Waals surface area contributed by atoms with Gasteiger partial charge in [0.25, 0.3) is 0 Å². The Labute approximate surface area is 131 Å². The van der Waals surface area contributed by atoms with Crippen molar-refractivity contribution < 1.29 is 14.3 Å². The second kappa shape index (κ2) is 6.42. The second-order valence-corrected chi connectivity index (χ2v) is 5.99. The van der Waals surface area contributed by atoms with Crippen molar-refractivity contribution in [1.29, 1.82) is 0 Å². The van der Waals surface area contributed by atoms with E-state index >= 15 is 0 Å². The minimum absolute atomic E-state index is 0.0487. The molecule has 0 unspecified atom stereocenters. The molecule has 2 aliphatic rings. The molecule has 3 rings (SSSR count). The van der Waals surface area contributed by atoms with E-state index in [0.717, 1.165) is 42.7 Å². The molecule has 1 aliphatic heterocycles. The van der Waals surface area contributed by atoms with Crippen LogP contribution in [0.25, 0.3) is 0 Å². The summed E-state index contributed by atoms with van der Waals surface area (Å²) in [6, 6.07) is 3.90. The Kier molecular flexibility index (Phi) is 4.36. The van der Waals surface area contributed by atoms with Gasteiger partial charge < -0.3 is 14.8 Å². The van der Waals surface area contributed by atoms with Crippen LogP contribution in [0, 0.1) is 5.92 Å². The molecular weight excluding hydrogens is 278 g/mol. The van der Waals surface area contributed by atoms with Gasteiger partial charge in [-0.25, -0.2) is 0 Å². The van der Waals surface area contributed by atoms with Crippen LogP contribution >= 0.6 is 0 Å². The Morgan fingerprint density at radius 3 is 3.00 bits per heavy atom. The van der Waals surface area contributed by atoms with Crippen LogP contribution in [0.5, 0.6) is 11.5 Å². The largest absolute Gasteiger partial charge is 0.492 e. The molecule has 0 radical (unpaired) electrons. The third-order valence-corrected chi connectivity index (χ3v) is 4.20. The monoisotopic (exact) mass is 301 g/mol. The predicted molar refractivity (Wildman–Crippen MR) is 86.5 cm³/mol. The smallest absolute Gasteiger partial charge is 0.227 e. The van der Waals surface area contributed by atoms with Crippen LogP contribution in [0.1, 0.15) is 38.7 Å². The molecule has 0 aromatic heterocycles. The number of hydrogen-bond acceptors (Lipinski definition) is 3. The average molecular weight is 301 g/mol. The Morgan fingerprint density at radius 1 is 1.41 bits per heavy atom. The molecule has 0 bridgehead atoms. The Balaban J connectivity index is 1.81. The maximum Gasteiger partial charge on any atom is 0.227 e. The zero-order valence-electron chi connectivity index (χ0n) is 13.2. The zero-order chi connectivity index (χ0) is 15.5. The summed E-state index contributed by atoms with van der Waals surface area (Å²) in [5.41, 5.74) is 1.86. The summed E-state index contributed by atoms with van der Waals surface area (Å²) in [6.07, 6.45) is 7.99. The zero-order valence-corrected chi connectivity index (χ0v) is 13.2. The highest BCUT2D eigenvalue weighted by molar-refractivity contribution is 5.94. The van der Waals surface area contributed by atoms with Crippen LogP contribution in [-0.4, -0.2) is 18.6 Å². The lowest BCUT2D eigenvalue weighted by molar-refractivity contribution is -0.120. The van der Waals surface area contributed by atoms with Gasteiger partial charge in [0.05, 0.1) is 12.3 Å². The van der Waals surface area contributed by atoms with Gasteiger partial charge in [-0.15, -0.1) is 0 Å². The topological polar surface area (TPSA) is 47.6 Å². The lowest BCUT2D eigenvalue weighted by Gasteiger charge is -2.19. The first-order valence-electron chi connectivity index (χ1n) is 8.09. The molecule has 4 heteroatoms. The fourth-order valence-electron chi connectivity index (χ4n) is 3.08. The highest BCUT2D eigenvalue weighted by atomic mass is 16.5. The minimum atomic E-state index is 0.0487. The van der Waals surface area contributed by atoms with Crippen molar-refractivity contribution in [2.45, 2.75) is 45.6 Å². The first-order chi connectivity index (χ1) is 10.7. The van der Waals surface area contributed by atoms with Crippen molar-refractivity contribution in [1.82, 2.24) is 0 Å². The van der Waals surface area contributed by atoms with E-state index in [9.17, 15) is 4.79 Å². The number of amides is 1. The third-order valence-electron chi connectivity index (χ3n) is 4.20. The fraction of sp³-hybridized carbons (Fsp3) is 0.500. The van der Waals surface area contributed by atoms with E-state index in [1.807, 2.05) is 26.0 Å². The van der Waals surface area contributed by atoms with Crippen molar-refractivity contribution in [2.75, 3.05) is 11.9 Å². The van der Waals surface area contributed by atoms with E-state index in [4.69, 9.17) is 9.47 Å². The maximum absolute atomic E-state index is 12.4. The number of carbonyl (C=O) groups is 1. The normalized spacial score (nSPS) is 22.8. The van der Waals surface area contributed by atoms with Gasteiger partial charge in [-0.2, -0.15) is 0 Å². The van der Waals surface area contributed by atoms with E-state index in [2.05, 4.69) is 17.5 Å². The van der Waals surface area contributed by atoms with E-state index in [1.165, 1.54) is 0 Å². The number of benzene rings is 1. The van der Waals surface area contributed by atoms with Crippen LogP contribution < -0.4 is 14.8 Å². The summed E-state index contributed by atoms with van der Waals surface area (Å²) in [7, 11) is 0. The summed E-state index contributed by atoms with van der Waals surface area (Å²) < 4.78 is 11.5. The van der Waals surface area contributed by atoms with Crippen LogP contribution in [0.3, 0.4) is 0 Å². The van der Waals surface area contributed by atoms with Gasteiger partial charge in [0.1, 0.15) is 17.6 Å². The third kappa shape index (κ3) is 3.11. The Morgan fingerprint density at radius 2 is 2.27 bits per heavy atom. The van der Waals surface area contributed by atoms with Crippen molar-refractivity contribution in [3.8, 4) is 11.5 Å². The van der Waals surface area contributed by atoms with E-state index in [0.29, 0.717) is 12.3 Å². The van der Waals surface area contributed by atoms with E-state index in [1.54, 1.807) is 0 Å². The SMILES string of the molecule is CCOc1cc2c(cc1NC(=O)[C@@H]1CC=CCC1)O[C@H](C)C2. The predicted octanol–water partition coefficient (Wildman–Crippen LogP) is 3.70. The molecule has 0 fully saturated rings. The molecule has 1 aromatic carbocycles. The number of hydrogen-bond donors (Lipinski definition) is 1. The molecule has 1 heterocycles. The van der Waals surface area contributed by atoms with Crippen molar-refractivity contribution in [3.63, 3.8) is 0 Å². The van der Waals surface area contributed by atoms with Crippen molar-refractivity contribution >= 4 is 11.6 Å². The molecule has 22 heavy (non-hydrogen) atoms. The van der Waals surface area contributed by atoms with E-state index in [-0.39, 0.29) is 17.9 Å². The van der Waals surface area contributed by atoms with Gasteiger partial charge in [-0.05, 0) is 39.2 Å². The quantitative estimate of drug-likeness (QED) is 0.863. The van der Waals surface area contributed by atoms with Crippen LogP contribution in [-0.2, 0) is 11.2 Å². The molecule has 2 atom stereocenters. The molecular formula is C18H23NO3. The minimum Gasteiger partial charge on any atom is -0.492 e. The standard InChI is InChI=1S/C18H23NO3/c1-3-21-17-10-14-9-12(2)22-16(14)11-15(17)19-18(20)13-7-5-4-6-8-13/h4-5,10-13H,3,6-9H2,1-2H3,(H,19,20)/t12-,13-/m1/s1. The van der Waals surface area contributed by atoms with E-state index < -0.39 is 0 Å². The first-order valence-corrected chi connectivity index (χ1v) is 8.09. The van der Waals surface area contributed by atoms with Gasteiger partial charge in [0, 0.05) is 24.0 Å². The molecule has 1 amide bonds. The molecule has 0 spiro atoms. The van der Waals surface area contributed by atoms with Gasteiger partial charge in [0.2, 0.25) is 5.91 Å². The van der Waals surface area contributed by atoms with Crippen molar-refractivity contribution in [3.05, 3.63) is 29.8 Å².